The molecule has 3 rings (SSSR count). The second kappa shape index (κ2) is 7.45. The van der Waals surface area contributed by atoms with Gasteiger partial charge in [-0.3, -0.25) is 9.59 Å². The first-order chi connectivity index (χ1) is 12.7. The summed E-state index contributed by atoms with van der Waals surface area (Å²) >= 11 is 0. The Morgan fingerprint density at radius 2 is 1.81 bits per heavy atom. The lowest BCUT2D eigenvalue weighted by Crippen LogP contribution is -2.06. The van der Waals surface area contributed by atoms with Crippen LogP contribution in [0, 0.1) is 11.3 Å². The normalized spacial score (nSPS) is 10.0. The first-order valence-corrected chi connectivity index (χ1v) is 7.96. The van der Waals surface area contributed by atoms with Gasteiger partial charge in [0.15, 0.2) is 5.78 Å². The Morgan fingerprint density at radius 3 is 2.46 bits per heavy atom. The summed E-state index contributed by atoms with van der Waals surface area (Å²) in [6.07, 6.45) is 0.693. The largest absolute Gasteiger partial charge is 0.496 e. The van der Waals surface area contributed by atoms with Crippen molar-refractivity contribution in [3.63, 3.8) is 0 Å². The van der Waals surface area contributed by atoms with E-state index >= 15 is 0 Å². The van der Waals surface area contributed by atoms with Gasteiger partial charge in [0.05, 0.1) is 18.7 Å². The fourth-order valence-corrected chi connectivity index (χ4v) is 2.86. The molecule has 0 N–H and O–H groups in total. The van der Waals surface area contributed by atoms with Crippen molar-refractivity contribution in [1.82, 2.24) is 0 Å². The van der Waals surface area contributed by atoms with Crippen LogP contribution < -0.4 is 4.74 Å². The minimum absolute atomic E-state index is 0.223. The number of methoxy groups -OCH3 is 1. The minimum atomic E-state index is -0.223. The highest BCUT2D eigenvalue weighted by molar-refractivity contribution is 6.14. The molecule has 0 saturated heterocycles. The molecular weight excluding hydrogens is 326 g/mol. The number of ketones is 1. The third-order valence-electron chi connectivity index (χ3n) is 4.10. The maximum Gasteiger partial charge on any atom is 0.193 e. The molecule has 0 aromatic heterocycles. The first-order valence-electron chi connectivity index (χ1n) is 7.96. The summed E-state index contributed by atoms with van der Waals surface area (Å²) in [5, 5.41) is 9.50. The molecule has 3 aromatic carbocycles. The molecular formula is C22H15NO3. The number of ether oxygens (including phenoxy) is 1. The maximum atomic E-state index is 13.1. The van der Waals surface area contributed by atoms with Gasteiger partial charge in [0.25, 0.3) is 0 Å². The lowest BCUT2D eigenvalue weighted by Gasteiger charge is -2.14. The van der Waals surface area contributed by atoms with Crippen LogP contribution in [0.1, 0.15) is 31.8 Å². The number of carbonyl (C=O) groups excluding carboxylic acids is 2. The summed E-state index contributed by atoms with van der Waals surface area (Å²) in [7, 11) is 1.51. The molecule has 126 valence electrons. The van der Waals surface area contributed by atoms with Crippen LogP contribution in [0.4, 0.5) is 0 Å². The number of hydrogen-bond acceptors (Lipinski definition) is 4. The van der Waals surface area contributed by atoms with Crippen molar-refractivity contribution in [2.24, 2.45) is 0 Å². The molecule has 0 fully saturated rings. The van der Waals surface area contributed by atoms with E-state index in [-0.39, 0.29) is 5.78 Å². The number of benzene rings is 3. The minimum Gasteiger partial charge on any atom is -0.496 e. The van der Waals surface area contributed by atoms with Gasteiger partial charge in [-0.15, -0.1) is 0 Å². The van der Waals surface area contributed by atoms with Crippen molar-refractivity contribution in [1.29, 1.82) is 5.26 Å². The van der Waals surface area contributed by atoms with Gasteiger partial charge in [-0.05, 0) is 23.8 Å². The molecule has 26 heavy (non-hydrogen) atoms. The summed E-state index contributed by atoms with van der Waals surface area (Å²) in [6, 6.07) is 20.9. The van der Waals surface area contributed by atoms with Gasteiger partial charge < -0.3 is 4.74 Å². The average molecular weight is 341 g/mol. The van der Waals surface area contributed by atoms with E-state index in [1.165, 1.54) is 7.11 Å². The highest BCUT2D eigenvalue weighted by atomic mass is 16.5. The Balaban J connectivity index is 2.29. The number of carbonyl (C=O) groups is 2. The van der Waals surface area contributed by atoms with Crippen LogP contribution in [0.2, 0.25) is 0 Å². The average Bonchev–Trinajstić information content (AvgIpc) is 2.72. The van der Waals surface area contributed by atoms with E-state index in [1.807, 2.05) is 6.07 Å². The smallest absolute Gasteiger partial charge is 0.193 e. The first kappa shape index (κ1) is 17.1. The van der Waals surface area contributed by atoms with Crippen LogP contribution in [0.25, 0.3) is 11.1 Å². The van der Waals surface area contributed by atoms with Gasteiger partial charge in [0.1, 0.15) is 12.0 Å². The van der Waals surface area contributed by atoms with Crippen molar-refractivity contribution in [3.05, 3.63) is 89.0 Å². The van der Waals surface area contributed by atoms with Crippen molar-refractivity contribution < 1.29 is 14.3 Å². The van der Waals surface area contributed by atoms with Crippen molar-refractivity contribution in [3.8, 4) is 22.9 Å². The molecule has 4 heteroatoms. The zero-order valence-electron chi connectivity index (χ0n) is 14.1. The quantitative estimate of drug-likeness (QED) is 0.513. The number of aldehydes is 1. The Bertz CT molecular complexity index is 1020. The Labute approximate surface area is 151 Å². The van der Waals surface area contributed by atoms with Crippen LogP contribution in [0.5, 0.6) is 5.75 Å². The van der Waals surface area contributed by atoms with Crippen LogP contribution in [0.3, 0.4) is 0 Å². The number of nitrogens with zero attached hydrogens (tertiary/aromatic N) is 1. The fraction of sp³-hybridized carbons (Fsp3) is 0.0455. The Hall–Kier alpha value is -3.71. The molecule has 0 aliphatic heterocycles. The molecule has 0 aliphatic carbocycles. The number of nitriles is 1. The van der Waals surface area contributed by atoms with E-state index in [1.54, 1.807) is 60.7 Å². The molecule has 0 saturated carbocycles. The van der Waals surface area contributed by atoms with Crippen molar-refractivity contribution in [2.45, 2.75) is 0 Å². The monoisotopic (exact) mass is 341 g/mol. The molecule has 0 spiro atoms. The molecule has 4 nitrogen and oxygen atoms in total. The van der Waals surface area contributed by atoms with E-state index < -0.39 is 0 Å². The van der Waals surface area contributed by atoms with Gasteiger partial charge >= 0.3 is 0 Å². The van der Waals surface area contributed by atoms with E-state index in [0.717, 1.165) is 0 Å². The second-order valence-corrected chi connectivity index (χ2v) is 5.61. The fourth-order valence-electron chi connectivity index (χ4n) is 2.86. The molecule has 0 radical (unpaired) electrons. The van der Waals surface area contributed by atoms with E-state index in [0.29, 0.717) is 45.4 Å². The zero-order chi connectivity index (χ0) is 18.5. The lowest BCUT2D eigenvalue weighted by molar-refractivity contribution is 0.103. The van der Waals surface area contributed by atoms with Crippen LogP contribution in [-0.2, 0) is 0 Å². The maximum absolute atomic E-state index is 13.1. The highest BCUT2D eigenvalue weighted by Crippen LogP contribution is 2.36. The molecule has 0 unspecified atom stereocenters. The molecule has 0 atom stereocenters. The predicted molar refractivity (Wildman–Crippen MR) is 98.4 cm³/mol. The topological polar surface area (TPSA) is 67.2 Å². The standard InChI is InChI=1S/C22H15NO3/c1-26-20-9-5-8-17(13-23)21(20)18-11-10-15(14-24)12-19(18)22(25)16-6-3-2-4-7-16/h2-12,14H,1H3. The number of rotatable bonds is 5. The van der Waals surface area contributed by atoms with E-state index in [4.69, 9.17) is 4.74 Å². The molecule has 0 bridgehead atoms. The van der Waals surface area contributed by atoms with Gasteiger partial charge in [0.2, 0.25) is 0 Å². The van der Waals surface area contributed by atoms with E-state index in [2.05, 4.69) is 6.07 Å². The summed E-state index contributed by atoms with van der Waals surface area (Å²) in [5.74, 6) is 0.268. The zero-order valence-corrected chi connectivity index (χ0v) is 14.1. The Morgan fingerprint density at radius 1 is 1.04 bits per heavy atom. The second-order valence-electron chi connectivity index (χ2n) is 5.61. The van der Waals surface area contributed by atoms with E-state index in [9.17, 15) is 14.9 Å². The van der Waals surface area contributed by atoms with Crippen molar-refractivity contribution in [2.75, 3.05) is 7.11 Å². The van der Waals surface area contributed by atoms with Crippen LogP contribution in [-0.4, -0.2) is 19.2 Å². The molecule has 3 aromatic rings. The summed E-state index contributed by atoms with van der Waals surface area (Å²) in [5.41, 5.74) is 2.73. The van der Waals surface area contributed by atoms with Crippen LogP contribution >= 0.6 is 0 Å². The number of hydrogen-bond donors (Lipinski definition) is 0. The summed E-state index contributed by atoms with van der Waals surface area (Å²) < 4.78 is 5.41. The third-order valence-corrected chi connectivity index (χ3v) is 4.10. The summed E-state index contributed by atoms with van der Waals surface area (Å²) in [4.78, 5) is 24.3. The molecule has 0 amide bonds. The van der Waals surface area contributed by atoms with Crippen molar-refractivity contribution >= 4 is 12.1 Å². The SMILES string of the molecule is COc1cccc(C#N)c1-c1ccc(C=O)cc1C(=O)c1ccccc1. The lowest BCUT2D eigenvalue weighted by atomic mass is 9.90. The molecule has 0 heterocycles. The summed E-state index contributed by atoms with van der Waals surface area (Å²) in [6.45, 7) is 0. The molecule has 0 aliphatic rings. The third kappa shape index (κ3) is 3.11. The van der Waals surface area contributed by atoms with Gasteiger partial charge in [0, 0.05) is 22.3 Å². The van der Waals surface area contributed by atoms with Crippen LogP contribution in [0.15, 0.2) is 66.7 Å². The Kier molecular flexibility index (Phi) is 4.91. The highest BCUT2D eigenvalue weighted by Gasteiger charge is 2.20. The predicted octanol–water partition coefficient (Wildman–Crippen LogP) is 4.28. The van der Waals surface area contributed by atoms with Gasteiger partial charge in [-0.1, -0.05) is 48.5 Å². The van der Waals surface area contributed by atoms with Gasteiger partial charge in [-0.2, -0.15) is 5.26 Å². The van der Waals surface area contributed by atoms with Gasteiger partial charge in [-0.25, -0.2) is 0 Å².